The van der Waals surface area contributed by atoms with Crippen molar-refractivity contribution in [2.75, 3.05) is 7.11 Å². The second-order valence-corrected chi connectivity index (χ2v) is 5.57. The molecule has 1 N–H and O–H groups in total. The molecule has 0 spiro atoms. The first-order valence-corrected chi connectivity index (χ1v) is 7.17. The Morgan fingerprint density at radius 2 is 2.35 bits per heavy atom. The maximum Gasteiger partial charge on any atom is 0.323 e. The van der Waals surface area contributed by atoms with E-state index >= 15 is 0 Å². The second kappa shape index (κ2) is 6.62. The van der Waals surface area contributed by atoms with E-state index in [-0.39, 0.29) is 17.9 Å². The molecular weight excluding hydrogens is 278 g/mol. The Morgan fingerprint density at radius 1 is 1.55 bits per heavy atom. The van der Waals surface area contributed by atoms with Crippen LogP contribution in [0.25, 0.3) is 10.8 Å². The van der Waals surface area contributed by atoms with Crippen LogP contribution in [0.1, 0.15) is 19.7 Å². The molecule has 7 heteroatoms. The Labute approximate surface area is 121 Å². The van der Waals surface area contributed by atoms with Gasteiger partial charge >= 0.3 is 5.97 Å². The SMILES string of the molecule is COC(=O)C(NCc1noc(-c2cccs2)n1)C(C)C. The number of thiophene rings is 1. The lowest BCUT2D eigenvalue weighted by Gasteiger charge is -2.18. The Balaban J connectivity index is 1.98. The van der Waals surface area contributed by atoms with Gasteiger partial charge < -0.3 is 9.26 Å². The van der Waals surface area contributed by atoms with E-state index in [0.29, 0.717) is 18.3 Å². The smallest absolute Gasteiger partial charge is 0.323 e. The van der Waals surface area contributed by atoms with E-state index in [1.807, 2.05) is 31.4 Å². The molecule has 0 radical (unpaired) electrons. The van der Waals surface area contributed by atoms with Crippen LogP contribution in [0, 0.1) is 5.92 Å². The van der Waals surface area contributed by atoms with Crippen molar-refractivity contribution in [2.24, 2.45) is 5.92 Å². The zero-order valence-corrected chi connectivity index (χ0v) is 12.4. The van der Waals surface area contributed by atoms with E-state index in [9.17, 15) is 4.79 Å². The largest absolute Gasteiger partial charge is 0.468 e. The molecule has 0 aliphatic carbocycles. The van der Waals surface area contributed by atoms with E-state index in [2.05, 4.69) is 15.5 Å². The summed E-state index contributed by atoms with van der Waals surface area (Å²) in [7, 11) is 1.38. The molecule has 0 aliphatic heterocycles. The van der Waals surface area contributed by atoms with Gasteiger partial charge in [-0.1, -0.05) is 25.1 Å². The van der Waals surface area contributed by atoms with Crippen LogP contribution < -0.4 is 5.32 Å². The van der Waals surface area contributed by atoms with Gasteiger partial charge in [0.25, 0.3) is 5.89 Å². The van der Waals surface area contributed by atoms with Crippen LogP contribution in [0.5, 0.6) is 0 Å². The Kier molecular flexibility index (Phi) is 4.86. The van der Waals surface area contributed by atoms with Crippen molar-refractivity contribution in [1.29, 1.82) is 0 Å². The minimum absolute atomic E-state index is 0.117. The van der Waals surface area contributed by atoms with E-state index < -0.39 is 0 Å². The van der Waals surface area contributed by atoms with Crippen molar-refractivity contribution in [3.63, 3.8) is 0 Å². The summed E-state index contributed by atoms with van der Waals surface area (Å²) in [6.07, 6.45) is 0. The third-order valence-corrected chi connectivity index (χ3v) is 3.66. The summed E-state index contributed by atoms with van der Waals surface area (Å²) in [5, 5.41) is 8.93. The molecule has 0 saturated carbocycles. The number of hydrogen-bond donors (Lipinski definition) is 1. The van der Waals surface area contributed by atoms with Crippen molar-refractivity contribution in [3.05, 3.63) is 23.3 Å². The Bertz CT molecular complexity index is 551. The highest BCUT2D eigenvalue weighted by Crippen LogP contribution is 2.22. The fraction of sp³-hybridized carbons (Fsp3) is 0.462. The number of ether oxygens (including phenoxy) is 1. The van der Waals surface area contributed by atoms with Crippen LogP contribution >= 0.6 is 11.3 Å². The van der Waals surface area contributed by atoms with Gasteiger partial charge in [0.1, 0.15) is 6.04 Å². The highest BCUT2D eigenvalue weighted by molar-refractivity contribution is 7.13. The zero-order valence-electron chi connectivity index (χ0n) is 11.6. The van der Waals surface area contributed by atoms with Crippen LogP contribution in [0.2, 0.25) is 0 Å². The molecule has 0 amide bonds. The summed E-state index contributed by atoms with van der Waals surface area (Å²) >= 11 is 1.54. The van der Waals surface area contributed by atoms with E-state index in [0.717, 1.165) is 4.88 Å². The first kappa shape index (κ1) is 14.7. The molecule has 0 aliphatic rings. The number of rotatable bonds is 6. The van der Waals surface area contributed by atoms with Crippen LogP contribution in [0.4, 0.5) is 0 Å². The molecule has 1 atom stereocenters. The highest BCUT2D eigenvalue weighted by atomic mass is 32.1. The lowest BCUT2D eigenvalue weighted by atomic mass is 10.0. The number of hydrogen-bond acceptors (Lipinski definition) is 7. The molecule has 0 saturated heterocycles. The fourth-order valence-corrected chi connectivity index (χ4v) is 2.39. The number of carbonyl (C=O) groups excluding carboxylic acids is 1. The number of esters is 1. The zero-order chi connectivity index (χ0) is 14.5. The number of nitrogens with zero attached hydrogens (tertiary/aromatic N) is 2. The van der Waals surface area contributed by atoms with Crippen molar-refractivity contribution >= 4 is 17.3 Å². The predicted molar refractivity (Wildman–Crippen MR) is 75.1 cm³/mol. The number of nitrogens with one attached hydrogen (secondary N) is 1. The van der Waals surface area contributed by atoms with Crippen molar-refractivity contribution in [2.45, 2.75) is 26.4 Å². The predicted octanol–water partition coefficient (Wildman–Crippen LogP) is 2.09. The van der Waals surface area contributed by atoms with Gasteiger partial charge in [-0.05, 0) is 17.4 Å². The summed E-state index contributed by atoms with van der Waals surface area (Å²) in [6, 6.07) is 3.46. The first-order valence-electron chi connectivity index (χ1n) is 6.29. The third kappa shape index (κ3) is 3.43. The highest BCUT2D eigenvalue weighted by Gasteiger charge is 2.23. The second-order valence-electron chi connectivity index (χ2n) is 4.62. The lowest BCUT2D eigenvalue weighted by molar-refractivity contribution is -0.144. The fourth-order valence-electron chi connectivity index (χ4n) is 1.75. The lowest BCUT2D eigenvalue weighted by Crippen LogP contribution is -2.41. The molecule has 1 unspecified atom stereocenters. The third-order valence-electron chi connectivity index (χ3n) is 2.80. The average molecular weight is 295 g/mol. The van der Waals surface area contributed by atoms with Crippen LogP contribution in [0.15, 0.2) is 22.0 Å². The molecule has 2 rings (SSSR count). The van der Waals surface area contributed by atoms with Crippen LogP contribution in [-0.4, -0.2) is 29.3 Å². The molecule has 0 fully saturated rings. The molecular formula is C13H17N3O3S. The number of aromatic nitrogens is 2. The Morgan fingerprint density at radius 3 is 2.95 bits per heavy atom. The first-order chi connectivity index (χ1) is 9.61. The summed E-state index contributed by atoms with van der Waals surface area (Å²) in [4.78, 5) is 16.8. The van der Waals surface area contributed by atoms with Crippen molar-refractivity contribution in [1.82, 2.24) is 15.5 Å². The van der Waals surface area contributed by atoms with Crippen molar-refractivity contribution < 1.29 is 14.1 Å². The minimum atomic E-state index is -0.385. The minimum Gasteiger partial charge on any atom is -0.468 e. The molecule has 2 aromatic rings. The van der Waals surface area contributed by atoms with E-state index in [4.69, 9.17) is 9.26 Å². The maximum absolute atomic E-state index is 11.6. The van der Waals surface area contributed by atoms with Gasteiger partial charge in [-0.2, -0.15) is 4.98 Å². The number of methoxy groups -OCH3 is 1. The summed E-state index contributed by atoms with van der Waals surface area (Å²) < 4.78 is 9.94. The molecule has 0 aromatic carbocycles. The van der Waals surface area contributed by atoms with Gasteiger partial charge in [-0.15, -0.1) is 11.3 Å². The van der Waals surface area contributed by atoms with Gasteiger partial charge in [-0.3, -0.25) is 10.1 Å². The van der Waals surface area contributed by atoms with Gasteiger partial charge in [0, 0.05) is 0 Å². The standard InChI is InChI=1S/C13H17N3O3S/c1-8(2)11(13(17)18-3)14-7-10-15-12(19-16-10)9-5-4-6-20-9/h4-6,8,11,14H,7H2,1-3H3. The average Bonchev–Trinajstić information content (AvgIpc) is 3.08. The van der Waals surface area contributed by atoms with Gasteiger partial charge in [0.2, 0.25) is 0 Å². The molecule has 2 heterocycles. The normalized spacial score (nSPS) is 12.6. The van der Waals surface area contributed by atoms with E-state index in [1.165, 1.54) is 18.4 Å². The maximum atomic E-state index is 11.6. The summed E-state index contributed by atoms with van der Waals surface area (Å²) in [6.45, 7) is 4.25. The Hall–Kier alpha value is -1.73. The number of carbonyl (C=O) groups is 1. The monoisotopic (exact) mass is 295 g/mol. The van der Waals surface area contributed by atoms with Gasteiger partial charge in [0.15, 0.2) is 5.82 Å². The summed E-state index contributed by atoms with van der Waals surface area (Å²) in [5.74, 6) is 0.840. The molecule has 108 valence electrons. The molecule has 6 nitrogen and oxygen atoms in total. The van der Waals surface area contributed by atoms with E-state index in [1.54, 1.807) is 0 Å². The summed E-state index contributed by atoms with van der Waals surface area (Å²) in [5.41, 5.74) is 0. The molecule has 0 bridgehead atoms. The quantitative estimate of drug-likeness (QED) is 0.822. The topological polar surface area (TPSA) is 77.2 Å². The van der Waals surface area contributed by atoms with Crippen molar-refractivity contribution in [3.8, 4) is 10.8 Å². The van der Waals surface area contributed by atoms with Gasteiger partial charge in [0.05, 0.1) is 18.5 Å². The molecule has 20 heavy (non-hydrogen) atoms. The van der Waals surface area contributed by atoms with Crippen LogP contribution in [-0.2, 0) is 16.1 Å². The van der Waals surface area contributed by atoms with Gasteiger partial charge in [-0.25, -0.2) is 0 Å². The molecule has 2 aromatic heterocycles. The van der Waals surface area contributed by atoms with Crippen LogP contribution in [0.3, 0.4) is 0 Å².